The van der Waals surface area contributed by atoms with E-state index in [4.69, 9.17) is 19.9 Å². The van der Waals surface area contributed by atoms with Crippen molar-refractivity contribution in [2.75, 3.05) is 19.8 Å². The Hall–Kier alpha value is -2.20. The summed E-state index contributed by atoms with van der Waals surface area (Å²) < 4.78 is 17.2. The minimum absolute atomic E-state index is 0.454. The molecule has 0 aliphatic carbocycles. The van der Waals surface area contributed by atoms with Gasteiger partial charge in [-0.05, 0) is 55.7 Å². The molecule has 0 bridgehead atoms. The number of aryl methyl sites for hydroxylation is 2. The van der Waals surface area contributed by atoms with E-state index in [-0.39, 0.29) is 0 Å². The summed E-state index contributed by atoms with van der Waals surface area (Å²) in [6.07, 6.45) is 0. The molecule has 124 valence electrons. The second-order valence-electron chi connectivity index (χ2n) is 5.38. The Morgan fingerprint density at radius 1 is 0.826 bits per heavy atom. The fraction of sp³-hybridized carbons (Fsp3) is 0.368. The van der Waals surface area contributed by atoms with Gasteiger partial charge >= 0.3 is 0 Å². The summed E-state index contributed by atoms with van der Waals surface area (Å²) in [6, 6.07) is 11.9. The number of nitrogens with two attached hydrogens (primary N) is 1. The molecular formula is C19H25NO3. The van der Waals surface area contributed by atoms with Crippen LogP contribution in [0.2, 0.25) is 0 Å². The van der Waals surface area contributed by atoms with Gasteiger partial charge in [0, 0.05) is 6.54 Å². The average Bonchev–Trinajstić information content (AvgIpc) is 2.55. The summed E-state index contributed by atoms with van der Waals surface area (Å²) >= 11 is 0. The first-order valence-corrected chi connectivity index (χ1v) is 7.92. The molecule has 2 N–H and O–H groups in total. The lowest BCUT2D eigenvalue weighted by atomic mass is 10.1. The molecule has 4 nitrogen and oxygen atoms in total. The van der Waals surface area contributed by atoms with E-state index in [1.54, 1.807) is 0 Å². The highest BCUT2D eigenvalue weighted by Gasteiger charge is 2.06. The maximum absolute atomic E-state index is 5.80. The third kappa shape index (κ3) is 4.89. The first kappa shape index (κ1) is 17.2. The zero-order valence-electron chi connectivity index (χ0n) is 14.1. The largest absolute Gasteiger partial charge is 0.490 e. The Morgan fingerprint density at radius 2 is 1.57 bits per heavy atom. The van der Waals surface area contributed by atoms with Crippen molar-refractivity contribution < 1.29 is 14.2 Å². The third-order valence-corrected chi connectivity index (χ3v) is 3.49. The van der Waals surface area contributed by atoms with Gasteiger partial charge in [0.2, 0.25) is 0 Å². The van der Waals surface area contributed by atoms with E-state index in [1.165, 1.54) is 5.56 Å². The van der Waals surface area contributed by atoms with Crippen LogP contribution in [0.4, 0.5) is 0 Å². The summed E-state index contributed by atoms with van der Waals surface area (Å²) in [5.41, 5.74) is 8.99. The van der Waals surface area contributed by atoms with Gasteiger partial charge < -0.3 is 19.9 Å². The average molecular weight is 315 g/mol. The summed E-state index contributed by atoms with van der Waals surface area (Å²) in [5.74, 6) is 2.34. The van der Waals surface area contributed by atoms with Crippen LogP contribution in [0, 0.1) is 13.8 Å². The number of ether oxygens (including phenoxy) is 3. The van der Waals surface area contributed by atoms with E-state index in [0.717, 1.165) is 22.6 Å². The van der Waals surface area contributed by atoms with Gasteiger partial charge in [-0.2, -0.15) is 0 Å². The van der Waals surface area contributed by atoms with E-state index in [0.29, 0.717) is 32.1 Å². The molecule has 0 fully saturated rings. The van der Waals surface area contributed by atoms with Crippen LogP contribution in [0.25, 0.3) is 0 Å². The van der Waals surface area contributed by atoms with Crippen LogP contribution in [-0.4, -0.2) is 19.8 Å². The smallest absolute Gasteiger partial charge is 0.161 e. The molecule has 0 aliphatic rings. The van der Waals surface area contributed by atoms with Gasteiger partial charge in [-0.15, -0.1) is 0 Å². The lowest BCUT2D eigenvalue weighted by Crippen LogP contribution is -2.10. The summed E-state index contributed by atoms with van der Waals surface area (Å²) in [4.78, 5) is 0. The molecule has 0 aliphatic heterocycles. The van der Waals surface area contributed by atoms with Gasteiger partial charge in [-0.3, -0.25) is 0 Å². The van der Waals surface area contributed by atoms with Crippen LogP contribution in [0.5, 0.6) is 17.2 Å². The van der Waals surface area contributed by atoms with Crippen molar-refractivity contribution in [3.8, 4) is 17.2 Å². The SMILES string of the molecule is CCOc1cc(CN)ccc1OCCOc1cc(C)ccc1C. The van der Waals surface area contributed by atoms with Gasteiger partial charge in [-0.1, -0.05) is 18.2 Å². The normalized spacial score (nSPS) is 10.4. The first-order chi connectivity index (χ1) is 11.1. The van der Waals surface area contributed by atoms with E-state index < -0.39 is 0 Å². The number of benzene rings is 2. The lowest BCUT2D eigenvalue weighted by molar-refractivity contribution is 0.207. The fourth-order valence-corrected chi connectivity index (χ4v) is 2.23. The minimum Gasteiger partial charge on any atom is -0.490 e. The van der Waals surface area contributed by atoms with Crippen LogP contribution < -0.4 is 19.9 Å². The van der Waals surface area contributed by atoms with Crippen molar-refractivity contribution in [1.82, 2.24) is 0 Å². The van der Waals surface area contributed by atoms with Crippen LogP contribution in [0.1, 0.15) is 23.6 Å². The van der Waals surface area contributed by atoms with Gasteiger partial charge in [0.05, 0.1) is 6.61 Å². The second-order valence-corrected chi connectivity index (χ2v) is 5.38. The molecule has 0 saturated heterocycles. The molecule has 4 heteroatoms. The van der Waals surface area contributed by atoms with Gasteiger partial charge in [-0.25, -0.2) is 0 Å². The number of hydrogen-bond acceptors (Lipinski definition) is 4. The standard InChI is InChI=1S/C19H25NO3/c1-4-21-19-12-16(13-20)7-8-17(19)22-9-10-23-18-11-14(2)5-6-15(18)3/h5-8,11-12H,4,9-10,13,20H2,1-3H3. The molecule has 0 unspecified atom stereocenters. The highest BCUT2D eigenvalue weighted by atomic mass is 16.5. The topological polar surface area (TPSA) is 53.7 Å². The van der Waals surface area contributed by atoms with E-state index >= 15 is 0 Å². The molecule has 23 heavy (non-hydrogen) atoms. The van der Waals surface area contributed by atoms with Crippen LogP contribution in [0.3, 0.4) is 0 Å². The Labute approximate surface area is 138 Å². The minimum atomic E-state index is 0.454. The fourth-order valence-electron chi connectivity index (χ4n) is 2.23. The predicted molar refractivity (Wildman–Crippen MR) is 92.4 cm³/mol. The first-order valence-electron chi connectivity index (χ1n) is 7.92. The zero-order chi connectivity index (χ0) is 16.7. The van der Waals surface area contributed by atoms with E-state index in [9.17, 15) is 0 Å². The molecule has 0 spiro atoms. The van der Waals surface area contributed by atoms with Crippen LogP contribution >= 0.6 is 0 Å². The van der Waals surface area contributed by atoms with Crippen molar-refractivity contribution in [2.45, 2.75) is 27.3 Å². The molecule has 2 rings (SSSR count). The van der Waals surface area contributed by atoms with Crippen molar-refractivity contribution in [1.29, 1.82) is 0 Å². The van der Waals surface area contributed by atoms with Crippen LogP contribution in [0.15, 0.2) is 36.4 Å². The lowest BCUT2D eigenvalue weighted by Gasteiger charge is -2.14. The Bertz CT molecular complexity index is 641. The zero-order valence-corrected chi connectivity index (χ0v) is 14.1. The van der Waals surface area contributed by atoms with Gasteiger partial charge in [0.1, 0.15) is 19.0 Å². The molecule has 0 atom stereocenters. The van der Waals surface area contributed by atoms with Gasteiger partial charge in [0.25, 0.3) is 0 Å². The quantitative estimate of drug-likeness (QED) is 0.756. The molecule has 2 aromatic rings. The highest BCUT2D eigenvalue weighted by Crippen LogP contribution is 2.28. The summed E-state index contributed by atoms with van der Waals surface area (Å²) in [5, 5.41) is 0. The van der Waals surface area contributed by atoms with Crippen LogP contribution in [-0.2, 0) is 6.54 Å². The second kappa shape index (κ2) is 8.44. The molecule has 0 saturated carbocycles. The van der Waals surface area contributed by atoms with E-state index in [2.05, 4.69) is 19.1 Å². The third-order valence-electron chi connectivity index (χ3n) is 3.49. The summed E-state index contributed by atoms with van der Waals surface area (Å²) in [7, 11) is 0. The van der Waals surface area contributed by atoms with Gasteiger partial charge in [0.15, 0.2) is 11.5 Å². The van der Waals surface area contributed by atoms with E-state index in [1.807, 2.05) is 38.1 Å². The Morgan fingerprint density at radius 3 is 2.26 bits per heavy atom. The molecule has 0 radical (unpaired) electrons. The van der Waals surface area contributed by atoms with Crippen molar-refractivity contribution >= 4 is 0 Å². The molecule has 2 aromatic carbocycles. The highest BCUT2D eigenvalue weighted by molar-refractivity contribution is 5.43. The molecule has 0 aromatic heterocycles. The molecule has 0 heterocycles. The predicted octanol–water partition coefficient (Wildman–Crippen LogP) is 3.62. The number of rotatable bonds is 8. The molecular weight excluding hydrogens is 290 g/mol. The van der Waals surface area contributed by atoms with Crippen molar-refractivity contribution in [2.24, 2.45) is 5.73 Å². The van der Waals surface area contributed by atoms with Crippen molar-refractivity contribution in [3.05, 3.63) is 53.1 Å². The Kier molecular flexibility index (Phi) is 6.29. The number of hydrogen-bond donors (Lipinski definition) is 1. The summed E-state index contributed by atoms with van der Waals surface area (Å²) in [6.45, 7) is 8.04. The monoisotopic (exact) mass is 315 g/mol. The Balaban J connectivity index is 1.92. The van der Waals surface area contributed by atoms with Crippen molar-refractivity contribution in [3.63, 3.8) is 0 Å². The molecule has 0 amide bonds. The maximum atomic E-state index is 5.80. The maximum Gasteiger partial charge on any atom is 0.161 e.